The molecule has 3 rings (SSSR count). The Kier molecular flexibility index (Phi) is 2.37. The van der Waals surface area contributed by atoms with E-state index < -0.39 is 5.97 Å². The quantitative estimate of drug-likeness (QED) is 0.839. The summed E-state index contributed by atoms with van der Waals surface area (Å²) in [5, 5.41) is 10.3. The van der Waals surface area contributed by atoms with E-state index in [9.17, 15) is 4.79 Å². The number of benzene rings is 1. The third-order valence-corrected chi connectivity index (χ3v) is 2.75. The first-order valence-electron chi connectivity index (χ1n) is 5.43. The van der Waals surface area contributed by atoms with Gasteiger partial charge in [0.15, 0.2) is 6.17 Å². The standard InChI is InChI=1S/C13H9N3O2/c17-13(18)9-1-2-10-11(7-9)16-12(15-10)8-3-5-14-6-4-8/h1-7,12H,(H,17,18)/t12-/m0/s1. The maximum Gasteiger partial charge on any atom is 0.335 e. The van der Waals surface area contributed by atoms with E-state index in [0.29, 0.717) is 5.36 Å². The van der Waals surface area contributed by atoms with Crippen LogP contribution in [0.15, 0.2) is 52.7 Å². The van der Waals surface area contributed by atoms with Gasteiger partial charge in [0, 0.05) is 18.0 Å². The van der Waals surface area contributed by atoms with Crippen LogP contribution in [0.1, 0.15) is 22.1 Å². The first-order valence-corrected chi connectivity index (χ1v) is 5.43. The monoisotopic (exact) mass is 239 g/mol. The van der Waals surface area contributed by atoms with Crippen LogP contribution in [0.4, 0.5) is 0 Å². The molecule has 0 bridgehead atoms. The molecule has 0 amide bonds. The van der Waals surface area contributed by atoms with Crippen LogP contribution in [0.25, 0.3) is 0 Å². The maximum atomic E-state index is 10.9. The molecule has 0 aliphatic carbocycles. The highest BCUT2D eigenvalue weighted by Crippen LogP contribution is 2.17. The molecule has 1 aliphatic rings. The summed E-state index contributed by atoms with van der Waals surface area (Å²) in [6, 6.07) is 8.46. The number of aromatic nitrogens is 1. The van der Waals surface area contributed by atoms with Crippen LogP contribution >= 0.6 is 0 Å². The van der Waals surface area contributed by atoms with Gasteiger partial charge in [-0.1, -0.05) is 0 Å². The zero-order chi connectivity index (χ0) is 12.5. The fraction of sp³-hybridized carbons (Fsp3) is 0.0769. The van der Waals surface area contributed by atoms with Crippen LogP contribution in [-0.2, 0) is 0 Å². The van der Waals surface area contributed by atoms with E-state index in [4.69, 9.17) is 5.11 Å². The molecule has 18 heavy (non-hydrogen) atoms. The molecule has 0 radical (unpaired) electrons. The molecule has 1 N–H and O–H groups in total. The van der Waals surface area contributed by atoms with E-state index in [1.165, 1.54) is 6.07 Å². The minimum atomic E-state index is -0.958. The highest BCUT2D eigenvalue weighted by Gasteiger charge is 2.13. The lowest BCUT2D eigenvalue weighted by Gasteiger charge is -2.02. The fourth-order valence-electron chi connectivity index (χ4n) is 1.85. The number of carboxylic acids is 1. The number of fused-ring (bicyclic) bond motifs is 1. The van der Waals surface area contributed by atoms with Crippen molar-refractivity contribution in [3.8, 4) is 0 Å². The summed E-state index contributed by atoms with van der Waals surface area (Å²) in [5.41, 5.74) is 1.17. The first kappa shape index (κ1) is 10.6. The predicted octanol–water partition coefficient (Wildman–Crippen LogP) is 0.731. The molecule has 2 heterocycles. The van der Waals surface area contributed by atoms with Crippen molar-refractivity contribution < 1.29 is 9.90 Å². The van der Waals surface area contributed by atoms with Gasteiger partial charge in [-0.2, -0.15) is 0 Å². The van der Waals surface area contributed by atoms with Gasteiger partial charge in [-0.05, 0) is 30.3 Å². The van der Waals surface area contributed by atoms with Crippen molar-refractivity contribution in [1.29, 1.82) is 0 Å². The van der Waals surface area contributed by atoms with Crippen molar-refractivity contribution in [2.45, 2.75) is 6.17 Å². The average molecular weight is 239 g/mol. The van der Waals surface area contributed by atoms with Crippen LogP contribution in [-0.4, -0.2) is 16.1 Å². The number of pyridine rings is 1. The number of carbonyl (C=O) groups is 1. The van der Waals surface area contributed by atoms with Crippen molar-refractivity contribution in [2.24, 2.45) is 9.98 Å². The van der Waals surface area contributed by atoms with Crippen LogP contribution in [0.2, 0.25) is 0 Å². The summed E-state index contributed by atoms with van der Waals surface area (Å²) in [7, 11) is 0. The summed E-state index contributed by atoms with van der Waals surface area (Å²) < 4.78 is 0. The van der Waals surface area contributed by atoms with E-state index in [-0.39, 0.29) is 11.7 Å². The third-order valence-electron chi connectivity index (χ3n) is 2.75. The summed E-state index contributed by atoms with van der Waals surface area (Å²) >= 11 is 0. The van der Waals surface area contributed by atoms with Crippen LogP contribution in [0, 0.1) is 0 Å². The summed E-state index contributed by atoms with van der Waals surface area (Å²) in [6.45, 7) is 0. The summed E-state index contributed by atoms with van der Waals surface area (Å²) in [4.78, 5) is 23.7. The average Bonchev–Trinajstić information content (AvgIpc) is 2.82. The second kappa shape index (κ2) is 4.03. The molecule has 0 unspecified atom stereocenters. The Labute approximate surface area is 102 Å². The molecule has 2 aromatic rings. The largest absolute Gasteiger partial charge is 0.478 e. The van der Waals surface area contributed by atoms with Crippen molar-refractivity contribution in [1.82, 2.24) is 4.98 Å². The fourth-order valence-corrected chi connectivity index (χ4v) is 1.85. The van der Waals surface area contributed by atoms with Crippen molar-refractivity contribution in [2.75, 3.05) is 0 Å². The lowest BCUT2D eigenvalue weighted by molar-refractivity contribution is 0.0696. The van der Waals surface area contributed by atoms with Crippen LogP contribution in [0.5, 0.6) is 0 Å². The van der Waals surface area contributed by atoms with Gasteiger partial charge in [0.25, 0.3) is 0 Å². The minimum Gasteiger partial charge on any atom is -0.478 e. The Bertz CT molecular complexity index is 726. The van der Waals surface area contributed by atoms with Gasteiger partial charge in [0.1, 0.15) is 0 Å². The molecule has 0 fully saturated rings. The molecule has 88 valence electrons. The predicted molar refractivity (Wildman–Crippen MR) is 62.7 cm³/mol. The van der Waals surface area contributed by atoms with Crippen LogP contribution < -0.4 is 10.7 Å². The van der Waals surface area contributed by atoms with Gasteiger partial charge >= 0.3 is 5.97 Å². The SMILES string of the molecule is O=C(O)c1ccc2c(c1)=N[C@@H](c1ccncc1)N=2. The molecule has 1 aromatic carbocycles. The number of carboxylic acid groups (broad SMARTS) is 1. The Hall–Kier alpha value is -2.56. The number of aromatic carboxylic acids is 1. The molecule has 0 spiro atoms. The lowest BCUT2D eigenvalue weighted by Crippen LogP contribution is -2.22. The zero-order valence-corrected chi connectivity index (χ0v) is 9.32. The van der Waals surface area contributed by atoms with E-state index in [1.54, 1.807) is 24.5 Å². The van der Waals surface area contributed by atoms with E-state index >= 15 is 0 Å². The molecule has 1 atom stereocenters. The van der Waals surface area contributed by atoms with Gasteiger partial charge in [-0.3, -0.25) is 15.0 Å². The number of hydrogen-bond donors (Lipinski definition) is 1. The lowest BCUT2D eigenvalue weighted by atomic mass is 10.2. The molecule has 5 heteroatoms. The van der Waals surface area contributed by atoms with Gasteiger partial charge in [-0.25, -0.2) is 4.79 Å². The highest BCUT2D eigenvalue weighted by molar-refractivity contribution is 5.87. The molecular formula is C13H9N3O2. The Morgan fingerprint density at radius 3 is 2.50 bits per heavy atom. The summed E-state index contributed by atoms with van der Waals surface area (Å²) in [5.74, 6) is -0.958. The highest BCUT2D eigenvalue weighted by atomic mass is 16.4. The molecule has 5 nitrogen and oxygen atoms in total. The van der Waals surface area contributed by atoms with Crippen molar-refractivity contribution in [3.63, 3.8) is 0 Å². The first-order chi connectivity index (χ1) is 8.74. The maximum absolute atomic E-state index is 10.9. The number of nitrogens with zero attached hydrogens (tertiary/aromatic N) is 3. The van der Waals surface area contributed by atoms with Crippen LogP contribution in [0.3, 0.4) is 0 Å². The molecular weight excluding hydrogens is 230 g/mol. The Morgan fingerprint density at radius 2 is 1.78 bits per heavy atom. The van der Waals surface area contributed by atoms with E-state index in [2.05, 4.69) is 15.0 Å². The smallest absolute Gasteiger partial charge is 0.335 e. The number of hydrogen-bond acceptors (Lipinski definition) is 4. The van der Waals surface area contributed by atoms with E-state index in [1.807, 2.05) is 12.1 Å². The topological polar surface area (TPSA) is 74.9 Å². The summed E-state index contributed by atoms with van der Waals surface area (Å²) in [6.07, 6.45) is 3.07. The second-order valence-electron chi connectivity index (χ2n) is 3.92. The molecule has 0 saturated heterocycles. The number of rotatable bonds is 2. The second-order valence-corrected chi connectivity index (χ2v) is 3.92. The van der Waals surface area contributed by atoms with Crippen molar-refractivity contribution >= 4 is 5.97 Å². The van der Waals surface area contributed by atoms with Gasteiger partial charge in [-0.15, -0.1) is 0 Å². The minimum absolute atomic E-state index is 0.225. The Morgan fingerprint density at radius 1 is 1.06 bits per heavy atom. The normalized spacial score (nSPS) is 16.6. The zero-order valence-electron chi connectivity index (χ0n) is 9.32. The van der Waals surface area contributed by atoms with Gasteiger partial charge in [0.05, 0.1) is 16.3 Å². The Balaban J connectivity index is 2.08. The van der Waals surface area contributed by atoms with Gasteiger partial charge < -0.3 is 5.11 Å². The third kappa shape index (κ3) is 1.75. The van der Waals surface area contributed by atoms with E-state index in [0.717, 1.165) is 10.9 Å². The molecule has 1 aromatic heterocycles. The molecule has 1 aliphatic heterocycles. The van der Waals surface area contributed by atoms with Gasteiger partial charge in [0.2, 0.25) is 0 Å². The molecule has 0 saturated carbocycles. The van der Waals surface area contributed by atoms with Crippen molar-refractivity contribution in [3.05, 3.63) is 64.6 Å².